The van der Waals surface area contributed by atoms with Gasteiger partial charge in [-0.05, 0) is 46.8 Å². The monoisotopic (exact) mass is 462 g/mol. The van der Waals surface area contributed by atoms with Gasteiger partial charge in [-0.1, -0.05) is 24.3 Å². The summed E-state index contributed by atoms with van der Waals surface area (Å²) in [5.74, 6) is -0.161. The van der Waals surface area contributed by atoms with Gasteiger partial charge in [0.05, 0.1) is 16.5 Å². The molecule has 3 heterocycles. The topological polar surface area (TPSA) is 79.3 Å². The lowest BCUT2D eigenvalue weighted by atomic mass is 9.95. The molecular formula is C25H22N2O5S. The number of amides is 1. The molecular weight excluding hydrogens is 440 g/mol. The van der Waals surface area contributed by atoms with Crippen LogP contribution in [0, 0.1) is 0 Å². The van der Waals surface area contributed by atoms with Crippen molar-refractivity contribution in [2.75, 3.05) is 25.8 Å². The van der Waals surface area contributed by atoms with Crippen molar-refractivity contribution in [1.82, 2.24) is 4.90 Å². The van der Waals surface area contributed by atoms with Crippen LogP contribution in [0.1, 0.15) is 26.8 Å². The molecule has 1 N–H and O–H groups in total. The normalized spacial score (nSPS) is 17.1. The highest BCUT2D eigenvalue weighted by molar-refractivity contribution is 7.12. The molecule has 0 saturated heterocycles. The number of ether oxygens (including phenoxy) is 2. The predicted octanol–water partition coefficient (Wildman–Crippen LogP) is 4.32. The van der Waals surface area contributed by atoms with Crippen molar-refractivity contribution in [2.45, 2.75) is 12.6 Å². The van der Waals surface area contributed by atoms with Gasteiger partial charge in [-0.15, -0.1) is 11.3 Å². The molecule has 1 atom stereocenters. The number of aliphatic hydroxyl groups is 1. The second-order valence-corrected chi connectivity index (χ2v) is 9.03. The number of hydrogen-bond donors (Lipinski definition) is 1. The second kappa shape index (κ2) is 8.29. The Hall–Kier alpha value is -3.78. The number of nitrogens with zero attached hydrogens (tertiary/aromatic N) is 2. The van der Waals surface area contributed by atoms with Crippen LogP contribution in [-0.4, -0.2) is 42.6 Å². The van der Waals surface area contributed by atoms with Crippen molar-refractivity contribution in [3.63, 3.8) is 0 Å². The van der Waals surface area contributed by atoms with E-state index in [1.54, 1.807) is 23.6 Å². The fourth-order valence-electron chi connectivity index (χ4n) is 4.13. The van der Waals surface area contributed by atoms with Crippen molar-refractivity contribution >= 4 is 28.7 Å². The summed E-state index contributed by atoms with van der Waals surface area (Å²) in [5.41, 5.74) is 2.64. The van der Waals surface area contributed by atoms with Gasteiger partial charge in [-0.25, -0.2) is 0 Å². The second-order valence-electron chi connectivity index (χ2n) is 8.08. The Morgan fingerprint density at radius 3 is 2.58 bits per heavy atom. The first-order valence-electron chi connectivity index (χ1n) is 10.4. The molecule has 1 aromatic heterocycles. The number of benzene rings is 2. The summed E-state index contributed by atoms with van der Waals surface area (Å²) in [5, 5.41) is 12.6. The molecule has 2 aliphatic rings. The Balaban J connectivity index is 1.55. The summed E-state index contributed by atoms with van der Waals surface area (Å²) >= 11 is 1.28. The van der Waals surface area contributed by atoms with Gasteiger partial charge in [0.25, 0.3) is 5.91 Å². The van der Waals surface area contributed by atoms with E-state index in [9.17, 15) is 14.7 Å². The zero-order valence-electron chi connectivity index (χ0n) is 18.1. The van der Waals surface area contributed by atoms with Crippen molar-refractivity contribution in [3.05, 3.63) is 87.3 Å². The van der Waals surface area contributed by atoms with Crippen molar-refractivity contribution in [3.8, 4) is 11.5 Å². The fourth-order valence-corrected chi connectivity index (χ4v) is 4.80. The minimum absolute atomic E-state index is 0.0980. The van der Waals surface area contributed by atoms with Crippen LogP contribution in [-0.2, 0) is 11.3 Å². The van der Waals surface area contributed by atoms with E-state index < -0.39 is 17.7 Å². The number of carbonyl (C=O) groups excluding carboxylic acids is 2. The maximum Gasteiger partial charge on any atom is 0.290 e. The summed E-state index contributed by atoms with van der Waals surface area (Å²) in [4.78, 5) is 30.5. The molecule has 0 spiro atoms. The van der Waals surface area contributed by atoms with Gasteiger partial charge >= 0.3 is 0 Å². The molecule has 5 rings (SSSR count). The van der Waals surface area contributed by atoms with E-state index in [4.69, 9.17) is 9.47 Å². The number of carbonyl (C=O) groups is 2. The molecule has 2 aromatic carbocycles. The van der Waals surface area contributed by atoms with Gasteiger partial charge in [-0.3, -0.25) is 9.59 Å². The maximum absolute atomic E-state index is 13.3. The van der Waals surface area contributed by atoms with Gasteiger partial charge in [0.2, 0.25) is 12.6 Å². The number of aliphatic hydroxyl groups excluding tert-OH is 1. The standard InChI is InChI=1S/C25H22N2O5S/c1-26(2)17-8-6-16(7-9-17)22-21(23(28)20-4-3-11-33-20)24(29)25(30)27(22)13-15-5-10-18-19(12-15)32-14-31-18/h3-12,22,29H,13-14H2,1-2H3. The van der Waals surface area contributed by atoms with E-state index >= 15 is 0 Å². The van der Waals surface area contributed by atoms with Crippen LogP contribution >= 0.6 is 11.3 Å². The van der Waals surface area contributed by atoms with E-state index in [2.05, 4.69) is 0 Å². The van der Waals surface area contributed by atoms with Gasteiger partial charge in [0, 0.05) is 26.3 Å². The first kappa shape index (κ1) is 21.1. The van der Waals surface area contributed by atoms with Crippen molar-refractivity contribution < 1.29 is 24.2 Å². The van der Waals surface area contributed by atoms with Crippen LogP contribution in [0.2, 0.25) is 0 Å². The Morgan fingerprint density at radius 1 is 1.12 bits per heavy atom. The van der Waals surface area contributed by atoms with E-state index in [-0.39, 0.29) is 24.7 Å². The Bertz CT molecular complexity index is 1250. The van der Waals surface area contributed by atoms with Crippen LogP contribution in [0.5, 0.6) is 11.5 Å². The molecule has 3 aromatic rings. The van der Waals surface area contributed by atoms with Gasteiger partial charge in [0.1, 0.15) is 0 Å². The SMILES string of the molecule is CN(C)c1ccc(C2C(C(=O)c3cccs3)=C(O)C(=O)N2Cc2ccc3c(c2)OCO3)cc1. The molecule has 0 fully saturated rings. The third-order valence-corrected chi connectivity index (χ3v) is 6.68. The molecule has 1 unspecified atom stereocenters. The quantitative estimate of drug-likeness (QED) is 0.550. The number of Topliss-reactive ketones (excluding diaryl/α,β-unsaturated/α-hetero) is 1. The van der Waals surface area contributed by atoms with Crippen LogP contribution in [0.3, 0.4) is 0 Å². The van der Waals surface area contributed by atoms with Crippen LogP contribution < -0.4 is 14.4 Å². The minimum Gasteiger partial charge on any atom is -0.503 e. The number of ketones is 1. The molecule has 0 bridgehead atoms. The smallest absolute Gasteiger partial charge is 0.290 e. The van der Waals surface area contributed by atoms with Gasteiger partial charge < -0.3 is 24.4 Å². The van der Waals surface area contributed by atoms with Gasteiger partial charge in [-0.2, -0.15) is 0 Å². The summed E-state index contributed by atoms with van der Waals surface area (Å²) < 4.78 is 10.8. The number of anilines is 1. The summed E-state index contributed by atoms with van der Waals surface area (Å²) in [6.07, 6.45) is 0. The zero-order chi connectivity index (χ0) is 23.1. The average Bonchev–Trinajstić information content (AvgIpc) is 3.56. The highest BCUT2D eigenvalue weighted by Gasteiger charge is 2.44. The van der Waals surface area contributed by atoms with E-state index in [1.807, 2.05) is 55.4 Å². The lowest BCUT2D eigenvalue weighted by molar-refractivity contribution is -0.130. The Labute approximate surface area is 195 Å². The van der Waals surface area contributed by atoms with Crippen molar-refractivity contribution in [2.24, 2.45) is 0 Å². The minimum atomic E-state index is -0.714. The molecule has 0 radical (unpaired) electrons. The third-order valence-electron chi connectivity index (χ3n) is 5.81. The molecule has 33 heavy (non-hydrogen) atoms. The van der Waals surface area contributed by atoms with Crippen LogP contribution in [0.4, 0.5) is 5.69 Å². The number of rotatable bonds is 6. The van der Waals surface area contributed by atoms with Gasteiger partial charge in [0.15, 0.2) is 17.3 Å². The van der Waals surface area contributed by atoms with E-state index in [1.165, 1.54) is 16.2 Å². The third kappa shape index (κ3) is 3.72. The zero-order valence-corrected chi connectivity index (χ0v) is 19.0. The highest BCUT2D eigenvalue weighted by atomic mass is 32.1. The average molecular weight is 463 g/mol. The number of thiophene rings is 1. The molecule has 7 nitrogen and oxygen atoms in total. The number of hydrogen-bond acceptors (Lipinski definition) is 7. The van der Waals surface area contributed by atoms with E-state index in [0.29, 0.717) is 16.4 Å². The summed E-state index contributed by atoms with van der Waals surface area (Å²) in [6, 6.07) is 15.9. The fraction of sp³-hybridized carbons (Fsp3) is 0.200. The first-order valence-corrected chi connectivity index (χ1v) is 11.3. The molecule has 8 heteroatoms. The summed E-state index contributed by atoms with van der Waals surface area (Å²) in [6.45, 7) is 0.352. The maximum atomic E-state index is 13.3. The highest BCUT2D eigenvalue weighted by Crippen LogP contribution is 2.41. The Kier molecular flexibility index (Phi) is 5.30. The predicted molar refractivity (Wildman–Crippen MR) is 125 cm³/mol. The lowest BCUT2D eigenvalue weighted by Crippen LogP contribution is -2.30. The number of fused-ring (bicyclic) bond motifs is 1. The molecule has 168 valence electrons. The van der Waals surface area contributed by atoms with E-state index in [0.717, 1.165) is 16.8 Å². The molecule has 2 aliphatic heterocycles. The molecule has 0 aliphatic carbocycles. The first-order chi connectivity index (χ1) is 15.9. The molecule has 1 amide bonds. The Morgan fingerprint density at radius 2 is 1.88 bits per heavy atom. The van der Waals surface area contributed by atoms with Crippen LogP contribution in [0.25, 0.3) is 0 Å². The van der Waals surface area contributed by atoms with Crippen molar-refractivity contribution in [1.29, 1.82) is 0 Å². The lowest BCUT2D eigenvalue weighted by Gasteiger charge is -2.27. The largest absolute Gasteiger partial charge is 0.503 e. The summed E-state index contributed by atoms with van der Waals surface area (Å²) in [7, 11) is 3.88. The molecule has 0 saturated carbocycles. The van der Waals surface area contributed by atoms with Crippen LogP contribution in [0.15, 0.2) is 71.3 Å².